The fourth-order valence-corrected chi connectivity index (χ4v) is 5.13. The first kappa shape index (κ1) is 14.1. The molecule has 3 aromatic carbocycles. The zero-order valence-corrected chi connectivity index (χ0v) is 15.0. The van der Waals surface area contributed by atoms with Gasteiger partial charge in [-0.3, -0.25) is 0 Å². The number of benzene rings is 3. The average Bonchev–Trinajstić information content (AvgIpc) is 2.74. The number of hydrogen-bond donors (Lipinski definition) is 1. The zero-order chi connectivity index (χ0) is 17.0. The van der Waals surface area contributed by atoms with Gasteiger partial charge in [-0.1, -0.05) is 52.0 Å². The highest BCUT2D eigenvalue weighted by Gasteiger charge is 2.44. The second-order valence-corrected chi connectivity index (χ2v) is 8.59. The van der Waals surface area contributed by atoms with E-state index in [9.17, 15) is 0 Å². The van der Waals surface area contributed by atoms with E-state index in [1.54, 1.807) is 0 Å². The van der Waals surface area contributed by atoms with Crippen molar-refractivity contribution in [3.8, 4) is 11.1 Å². The molecule has 5 rings (SSSR count). The molecule has 0 spiro atoms. The molecule has 0 unspecified atom stereocenters. The largest absolute Gasteiger partial charge is 0.399 e. The van der Waals surface area contributed by atoms with Crippen molar-refractivity contribution in [2.45, 2.75) is 45.4 Å². The van der Waals surface area contributed by atoms with E-state index in [0.29, 0.717) is 0 Å². The van der Waals surface area contributed by atoms with Gasteiger partial charge in [0.2, 0.25) is 0 Å². The predicted molar refractivity (Wildman–Crippen MR) is 103 cm³/mol. The van der Waals surface area contributed by atoms with Gasteiger partial charge in [0, 0.05) is 16.5 Å². The highest BCUT2D eigenvalue weighted by molar-refractivity contribution is 6.09. The molecule has 0 bridgehead atoms. The van der Waals surface area contributed by atoms with E-state index < -0.39 is 0 Å². The fraction of sp³-hybridized carbons (Fsp3) is 0.304. The Morgan fingerprint density at radius 3 is 2.00 bits per heavy atom. The summed E-state index contributed by atoms with van der Waals surface area (Å²) in [4.78, 5) is 0. The normalized spacial score (nSPS) is 18.2. The molecule has 0 heterocycles. The van der Waals surface area contributed by atoms with Gasteiger partial charge in [0.15, 0.2) is 0 Å². The van der Waals surface area contributed by atoms with E-state index in [2.05, 4.69) is 71.0 Å². The van der Waals surface area contributed by atoms with Crippen LogP contribution in [0.4, 0.5) is 5.69 Å². The molecule has 1 nitrogen and oxygen atoms in total. The summed E-state index contributed by atoms with van der Waals surface area (Å²) in [7, 11) is 0. The maximum atomic E-state index is 6.33. The summed E-state index contributed by atoms with van der Waals surface area (Å²) in [6.07, 6.45) is 0. The molecule has 0 fully saturated rings. The first-order chi connectivity index (χ1) is 11.2. The van der Waals surface area contributed by atoms with Crippen LogP contribution in [-0.2, 0) is 10.8 Å². The standard InChI is InChI=1S/C23H23N/c1-12-9-16-21-19-14(12)7-6-8-15(19)22(2,3)17-10-13(24)11-18(20(17)21)23(16,4)5/h6-11H,24H2,1-5H3. The van der Waals surface area contributed by atoms with Crippen molar-refractivity contribution < 1.29 is 0 Å². The Balaban J connectivity index is 2.16. The summed E-state index contributed by atoms with van der Waals surface area (Å²) >= 11 is 0. The summed E-state index contributed by atoms with van der Waals surface area (Å²) in [5, 5.41) is 2.85. The van der Waals surface area contributed by atoms with Crippen LogP contribution in [0, 0.1) is 6.92 Å². The number of nitrogen functional groups attached to an aromatic ring is 1. The summed E-state index contributed by atoms with van der Waals surface area (Å²) in [5.41, 5.74) is 17.1. The second-order valence-electron chi connectivity index (χ2n) is 8.59. The van der Waals surface area contributed by atoms with E-state index in [4.69, 9.17) is 5.73 Å². The van der Waals surface area contributed by atoms with Crippen LogP contribution in [0.15, 0.2) is 36.4 Å². The molecule has 2 aliphatic carbocycles. The van der Waals surface area contributed by atoms with Crippen molar-refractivity contribution in [2.24, 2.45) is 0 Å². The van der Waals surface area contributed by atoms with Crippen molar-refractivity contribution in [1.29, 1.82) is 0 Å². The van der Waals surface area contributed by atoms with Crippen LogP contribution in [0.2, 0.25) is 0 Å². The van der Waals surface area contributed by atoms with Gasteiger partial charge in [-0.15, -0.1) is 0 Å². The quantitative estimate of drug-likeness (QED) is 0.531. The lowest BCUT2D eigenvalue weighted by atomic mass is 9.68. The number of nitrogens with two attached hydrogens (primary N) is 1. The first-order valence-corrected chi connectivity index (χ1v) is 8.76. The van der Waals surface area contributed by atoms with Crippen LogP contribution in [-0.4, -0.2) is 0 Å². The molecule has 3 aromatic rings. The number of hydrogen-bond acceptors (Lipinski definition) is 1. The zero-order valence-electron chi connectivity index (χ0n) is 15.0. The number of anilines is 1. The van der Waals surface area contributed by atoms with E-state index in [1.807, 2.05) is 0 Å². The molecule has 0 amide bonds. The van der Waals surface area contributed by atoms with E-state index in [1.165, 1.54) is 49.7 Å². The van der Waals surface area contributed by atoms with Crippen molar-refractivity contribution in [1.82, 2.24) is 0 Å². The molecule has 0 saturated carbocycles. The Hall–Kier alpha value is -2.28. The van der Waals surface area contributed by atoms with Crippen LogP contribution in [0.25, 0.3) is 21.9 Å². The summed E-state index contributed by atoms with van der Waals surface area (Å²) < 4.78 is 0. The van der Waals surface area contributed by atoms with Gasteiger partial charge in [0.25, 0.3) is 0 Å². The summed E-state index contributed by atoms with van der Waals surface area (Å²) in [6, 6.07) is 13.6. The van der Waals surface area contributed by atoms with E-state index in [-0.39, 0.29) is 10.8 Å². The Kier molecular flexibility index (Phi) is 2.26. The summed E-state index contributed by atoms with van der Waals surface area (Å²) in [5.74, 6) is 0. The highest BCUT2D eigenvalue weighted by Crippen LogP contribution is 2.60. The fourth-order valence-electron chi connectivity index (χ4n) is 5.13. The molecule has 0 radical (unpaired) electrons. The number of rotatable bonds is 0. The van der Waals surface area contributed by atoms with Crippen LogP contribution in [0.1, 0.15) is 55.5 Å². The van der Waals surface area contributed by atoms with Gasteiger partial charge >= 0.3 is 0 Å². The maximum absolute atomic E-state index is 6.33. The lowest BCUT2D eigenvalue weighted by Gasteiger charge is -2.35. The molecule has 0 saturated heterocycles. The third-order valence-electron chi connectivity index (χ3n) is 6.47. The molecule has 24 heavy (non-hydrogen) atoms. The van der Waals surface area contributed by atoms with Gasteiger partial charge < -0.3 is 5.73 Å². The van der Waals surface area contributed by atoms with Gasteiger partial charge in [0.1, 0.15) is 0 Å². The second kappa shape index (κ2) is 3.85. The first-order valence-electron chi connectivity index (χ1n) is 8.76. The van der Waals surface area contributed by atoms with Crippen LogP contribution in [0.5, 0.6) is 0 Å². The van der Waals surface area contributed by atoms with Crippen LogP contribution in [0.3, 0.4) is 0 Å². The van der Waals surface area contributed by atoms with Gasteiger partial charge in [-0.25, -0.2) is 0 Å². The Morgan fingerprint density at radius 2 is 1.33 bits per heavy atom. The van der Waals surface area contributed by atoms with Crippen molar-refractivity contribution in [2.75, 3.05) is 5.73 Å². The smallest absolute Gasteiger partial charge is 0.0320 e. The monoisotopic (exact) mass is 313 g/mol. The van der Waals surface area contributed by atoms with Gasteiger partial charge in [-0.05, 0) is 68.8 Å². The molecule has 2 aliphatic rings. The minimum atomic E-state index is -0.0303. The molecule has 1 heteroatoms. The topological polar surface area (TPSA) is 26.0 Å². The molecule has 2 N–H and O–H groups in total. The minimum absolute atomic E-state index is 0.00127. The van der Waals surface area contributed by atoms with Crippen LogP contribution < -0.4 is 5.73 Å². The molecule has 0 atom stereocenters. The van der Waals surface area contributed by atoms with Crippen molar-refractivity contribution in [3.05, 3.63) is 64.2 Å². The molecule has 0 aromatic heterocycles. The van der Waals surface area contributed by atoms with Gasteiger partial charge in [0.05, 0.1) is 0 Å². The molecular weight excluding hydrogens is 290 g/mol. The maximum Gasteiger partial charge on any atom is 0.0320 e. The summed E-state index contributed by atoms with van der Waals surface area (Å²) in [6.45, 7) is 11.6. The molecular formula is C23H23N. The van der Waals surface area contributed by atoms with Crippen molar-refractivity contribution in [3.63, 3.8) is 0 Å². The lowest BCUT2D eigenvalue weighted by molar-refractivity contribution is 0.640. The number of aryl methyl sites for hydroxylation is 1. The average molecular weight is 313 g/mol. The Bertz CT molecular complexity index is 1070. The highest BCUT2D eigenvalue weighted by atomic mass is 14.6. The third-order valence-corrected chi connectivity index (χ3v) is 6.47. The van der Waals surface area contributed by atoms with E-state index in [0.717, 1.165) is 5.69 Å². The minimum Gasteiger partial charge on any atom is -0.399 e. The molecule has 0 aliphatic heterocycles. The Labute approximate surface area is 143 Å². The van der Waals surface area contributed by atoms with Gasteiger partial charge in [-0.2, -0.15) is 0 Å². The predicted octanol–water partition coefficient (Wildman–Crippen LogP) is 5.68. The third kappa shape index (κ3) is 1.34. The molecule has 120 valence electrons. The van der Waals surface area contributed by atoms with Crippen LogP contribution >= 0.6 is 0 Å². The van der Waals surface area contributed by atoms with Crippen molar-refractivity contribution >= 4 is 16.5 Å². The SMILES string of the molecule is Cc1cc2c3c4c(cccc14)C(C)(C)c1cc(N)cc(c1-3)C2(C)C. The Morgan fingerprint density at radius 1 is 0.750 bits per heavy atom. The lowest BCUT2D eigenvalue weighted by Crippen LogP contribution is -2.24. The van der Waals surface area contributed by atoms with E-state index >= 15 is 0 Å².